The van der Waals surface area contributed by atoms with E-state index in [9.17, 15) is 14.7 Å². The van der Waals surface area contributed by atoms with E-state index in [1.54, 1.807) is 49.4 Å². The zero-order chi connectivity index (χ0) is 23.0. The van der Waals surface area contributed by atoms with E-state index in [0.717, 1.165) is 5.56 Å². The number of benzene rings is 2. The molecule has 1 amide bonds. The second-order valence-corrected chi connectivity index (χ2v) is 8.01. The van der Waals surface area contributed by atoms with Gasteiger partial charge in [0.15, 0.2) is 0 Å². The molecule has 1 aromatic heterocycles. The first-order chi connectivity index (χ1) is 15.3. The molecule has 0 spiro atoms. The summed E-state index contributed by atoms with van der Waals surface area (Å²) in [5.74, 6) is -1.32. The van der Waals surface area contributed by atoms with Gasteiger partial charge in [0, 0.05) is 16.3 Å². The molecule has 2 aromatic carbocycles. The molecule has 6 nitrogen and oxygen atoms in total. The molecule has 2 heterocycles. The largest absolute Gasteiger partial charge is 0.507 e. The van der Waals surface area contributed by atoms with E-state index in [4.69, 9.17) is 32.4 Å². The fourth-order valence-electron chi connectivity index (χ4n) is 3.62. The van der Waals surface area contributed by atoms with Crippen molar-refractivity contribution in [3.8, 4) is 5.75 Å². The summed E-state index contributed by atoms with van der Waals surface area (Å²) in [5.41, 5.74) is 1.42. The van der Waals surface area contributed by atoms with Crippen molar-refractivity contribution < 1.29 is 23.8 Å². The number of carbonyl (C=O) groups is 2. The van der Waals surface area contributed by atoms with Gasteiger partial charge in [-0.2, -0.15) is 0 Å². The highest BCUT2D eigenvalue weighted by Gasteiger charge is 2.48. The van der Waals surface area contributed by atoms with Crippen molar-refractivity contribution in [2.45, 2.75) is 19.9 Å². The fourth-order valence-corrected chi connectivity index (χ4v) is 3.97. The van der Waals surface area contributed by atoms with Gasteiger partial charge in [0.25, 0.3) is 11.7 Å². The van der Waals surface area contributed by atoms with Crippen LogP contribution >= 0.6 is 23.2 Å². The summed E-state index contributed by atoms with van der Waals surface area (Å²) < 4.78 is 11.0. The number of halogens is 2. The van der Waals surface area contributed by atoms with Gasteiger partial charge in [0.2, 0.25) is 0 Å². The summed E-state index contributed by atoms with van der Waals surface area (Å²) in [7, 11) is 0. The number of nitrogens with zero attached hydrogens (tertiary/aromatic N) is 1. The number of anilines is 1. The third-order valence-electron chi connectivity index (χ3n) is 5.20. The summed E-state index contributed by atoms with van der Waals surface area (Å²) in [6.07, 6.45) is 1.44. The molecule has 0 radical (unpaired) electrons. The molecule has 1 N–H and O–H groups in total. The molecule has 3 aromatic rings. The molecule has 1 unspecified atom stereocenters. The Bertz CT molecular complexity index is 1230. The second-order valence-electron chi connectivity index (χ2n) is 7.20. The maximum atomic E-state index is 13.1. The van der Waals surface area contributed by atoms with Crippen LogP contribution < -0.4 is 9.64 Å². The summed E-state index contributed by atoms with van der Waals surface area (Å²) in [6, 6.07) is 12.0. The molecular weight excluding hydrogens is 453 g/mol. The monoisotopic (exact) mass is 471 g/mol. The Labute approximate surface area is 194 Å². The number of hydrogen-bond donors (Lipinski definition) is 1. The molecule has 0 bridgehead atoms. The Morgan fingerprint density at radius 1 is 1.12 bits per heavy atom. The van der Waals surface area contributed by atoms with Gasteiger partial charge in [-0.15, -0.1) is 0 Å². The van der Waals surface area contributed by atoms with Crippen LogP contribution in [0.25, 0.3) is 5.76 Å². The minimum Gasteiger partial charge on any atom is -0.507 e. The number of ketones is 1. The molecule has 1 aliphatic heterocycles. The van der Waals surface area contributed by atoms with Crippen molar-refractivity contribution in [2.75, 3.05) is 11.5 Å². The van der Waals surface area contributed by atoms with Crippen LogP contribution in [-0.4, -0.2) is 23.4 Å². The Morgan fingerprint density at radius 2 is 1.91 bits per heavy atom. The van der Waals surface area contributed by atoms with Crippen molar-refractivity contribution in [1.82, 2.24) is 0 Å². The number of aryl methyl sites for hydroxylation is 1. The zero-order valence-corrected chi connectivity index (χ0v) is 18.8. The van der Waals surface area contributed by atoms with Gasteiger partial charge >= 0.3 is 0 Å². The maximum absolute atomic E-state index is 13.1. The van der Waals surface area contributed by atoms with Gasteiger partial charge in [-0.25, -0.2) is 0 Å². The first kappa shape index (κ1) is 22.0. The normalized spacial score (nSPS) is 17.8. The molecule has 1 atom stereocenters. The van der Waals surface area contributed by atoms with Crippen LogP contribution in [0.1, 0.15) is 29.9 Å². The third-order valence-corrected chi connectivity index (χ3v) is 5.91. The number of rotatable bonds is 5. The minimum atomic E-state index is -0.977. The number of amides is 1. The van der Waals surface area contributed by atoms with Crippen molar-refractivity contribution >= 4 is 46.3 Å². The lowest BCUT2D eigenvalue weighted by atomic mass is 9.99. The predicted molar refractivity (Wildman–Crippen MR) is 122 cm³/mol. The van der Waals surface area contributed by atoms with Crippen LogP contribution in [0.15, 0.2) is 64.8 Å². The van der Waals surface area contributed by atoms with Gasteiger partial charge in [0.1, 0.15) is 23.3 Å². The third kappa shape index (κ3) is 3.76. The molecule has 164 valence electrons. The highest BCUT2D eigenvalue weighted by Crippen LogP contribution is 2.43. The predicted octanol–water partition coefficient (Wildman–Crippen LogP) is 5.92. The summed E-state index contributed by atoms with van der Waals surface area (Å²) in [4.78, 5) is 27.5. The lowest BCUT2D eigenvalue weighted by Gasteiger charge is -2.23. The Kier molecular flexibility index (Phi) is 6.00. The molecule has 1 fully saturated rings. The number of aliphatic hydroxyl groups is 1. The van der Waals surface area contributed by atoms with Crippen LogP contribution in [0.2, 0.25) is 10.0 Å². The topological polar surface area (TPSA) is 80.0 Å². The Balaban J connectivity index is 1.91. The summed E-state index contributed by atoms with van der Waals surface area (Å²) in [6.45, 7) is 4.01. The van der Waals surface area contributed by atoms with Crippen molar-refractivity contribution in [3.63, 3.8) is 0 Å². The lowest BCUT2D eigenvalue weighted by molar-refractivity contribution is -0.132. The number of hydrogen-bond acceptors (Lipinski definition) is 5. The summed E-state index contributed by atoms with van der Waals surface area (Å²) in [5, 5.41) is 11.9. The van der Waals surface area contributed by atoms with Crippen LogP contribution in [0.3, 0.4) is 0 Å². The number of ether oxygens (including phenoxy) is 1. The van der Waals surface area contributed by atoms with Gasteiger partial charge < -0.3 is 14.3 Å². The molecule has 1 saturated heterocycles. The Hall–Kier alpha value is -3.22. The van der Waals surface area contributed by atoms with E-state index in [1.807, 2.05) is 6.92 Å². The second kappa shape index (κ2) is 8.73. The average Bonchev–Trinajstić information content (AvgIpc) is 3.39. The van der Waals surface area contributed by atoms with E-state index in [1.165, 1.54) is 17.2 Å². The molecule has 8 heteroatoms. The number of Topliss-reactive ketones (excluding diaryl/α,β-unsaturated/α-hetero) is 1. The Morgan fingerprint density at radius 3 is 2.56 bits per heavy atom. The number of carbonyl (C=O) groups excluding carboxylic acids is 2. The molecule has 0 saturated carbocycles. The number of aliphatic hydroxyl groups excluding tert-OH is 1. The standard InChI is InChI=1S/C24H19Cl2NO5/c1-3-31-19-11-14(7-9-16(19)25)22(28)20-21(18-5-4-10-32-18)27(24(30)23(20)29)15-8-6-13(2)17(26)12-15/h4-12,21,28H,3H2,1-2H3/b22-20-. The van der Waals surface area contributed by atoms with Crippen LogP contribution in [-0.2, 0) is 9.59 Å². The first-order valence-electron chi connectivity index (χ1n) is 9.86. The first-order valence-corrected chi connectivity index (χ1v) is 10.6. The maximum Gasteiger partial charge on any atom is 0.300 e. The van der Waals surface area contributed by atoms with E-state index >= 15 is 0 Å². The highest BCUT2D eigenvalue weighted by molar-refractivity contribution is 6.51. The van der Waals surface area contributed by atoms with Crippen LogP contribution in [0.5, 0.6) is 5.75 Å². The quantitative estimate of drug-likeness (QED) is 0.283. The van der Waals surface area contributed by atoms with Gasteiger partial charge in [0.05, 0.1) is 23.5 Å². The van der Waals surface area contributed by atoms with E-state index in [2.05, 4.69) is 0 Å². The molecule has 0 aliphatic carbocycles. The molecule has 1 aliphatic rings. The van der Waals surface area contributed by atoms with E-state index < -0.39 is 17.7 Å². The fraction of sp³-hybridized carbons (Fsp3) is 0.167. The molecule has 32 heavy (non-hydrogen) atoms. The van der Waals surface area contributed by atoms with Crippen molar-refractivity contribution in [1.29, 1.82) is 0 Å². The highest BCUT2D eigenvalue weighted by atomic mass is 35.5. The molecule has 4 rings (SSSR count). The molecular formula is C24H19Cl2NO5. The van der Waals surface area contributed by atoms with Gasteiger partial charge in [-0.05, 0) is 61.9 Å². The lowest BCUT2D eigenvalue weighted by Crippen LogP contribution is -2.29. The minimum absolute atomic E-state index is 0.105. The van der Waals surface area contributed by atoms with E-state index in [0.29, 0.717) is 33.8 Å². The smallest absolute Gasteiger partial charge is 0.300 e. The van der Waals surface area contributed by atoms with E-state index in [-0.39, 0.29) is 16.9 Å². The SMILES string of the molecule is CCOc1cc(/C(O)=C2/C(=O)C(=O)N(c3ccc(C)c(Cl)c3)C2c2ccco2)ccc1Cl. The van der Waals surface area contributed by atoms with Crippen molar-refractivity contribution in [2.24, 2.45) is 0 Å². The van der Waals surface area contributed by atoms with Crippen molar-refractivity contribution in [3.05, 3.63) is 87.3 Å². The zero-order valence-electron chi connectivity index (χ0n) is 17.3. The van der Waals surface area contributed by atoms with Gasteiger partial charge in [-0.1, -0.05) is 29.3 Å². The van der Waals surface area contributed by atoms with Crippen LogP contribution in [0, 0.1) is 6.92 Å². The number of furan rings is 1. The summed E-state index contributed by atoms with van der Waals surface area (Å²) >= 11 is 12.4. The average molecular weight is 472 g/mol. The van der Waals surface area contributed by atoms with Crippen LogP contribution in [0.4, 0.5) is 5.69 Å². The van der Waals surface area contributed by atoms with Gasteiger partial charge in [-0.3, -0.25) is 14.5 Å².